The fraction of sp³-hybridized carbons (Fsp3) is 0.333. The second-order valence-corrected chi connectivity index (χ2v) is 4.11. The summed E-state index contributed by atoms with van der Waals surface area (Å²) in [5, 5.41) is 0. The van der Waals surface area contributed by atoms with Crippen molar-refractivity contribution >= 4 is 12.1 Å². The van der Waals surface area contributed by atoms with Crippen molar-refractivity contribution in [2.75, 3.05) is 0 Å². The Morgan fingerprint density at radius 1 is 1.32 bits per heavy atom. The van der Waals surface area contributed by atoms with Crippen molar-refractivity contribution in [3.8, 4) is 0 Å². The van der Waals surface area contributed by atoms with Crippen LogP contribution in [0.1, 0.15) is 12.5 Å². The minimum absolute atomic E-state index is 0.0269. The molecule has 2 rings (SSSR count). The molecule has 0 aliphatic carbocycles. The predicted molar refractivity (Wildman–Crippen MR) is 59.2 cm³/mol. The highest BCUT2D eigenvalue weighted by atomic mass is 19.4. The first-order valence-electron chi connectivity index (χ1n) is 5.38. The van der Waals surface area contributed by atoms with Crippen LogP contribution in [0.4, 0.5) is 13.2 Å². The van der Waals surface area contributed by atoms with Crippen molar-refractivity contribution in [3.05, 3.63) is 35.9 Å². The van der Waals surface area contributed by atoms with Gasteiger partial charge in [-0.25, -0.2) is 4.79 Å². The number of ether oxygens (including phenoxy) is 2. The van der Waals surface area contributed by atoms with Crippen LogP contribution in [-0.2, 0) is 20.9 Å². The molecule has 1 atom stereocenters. The van der Waals surface area contributed by atoms with Crippen LogP contribution in [0.2, 0.25) is 0 Å². The molecule has 1 heterocycles. The lowest BCUT2D eigenvalue weighted by Crippen LogP contribution is -2.45. The molecule has 1 aliphatic rings. The first-order chi connectivity index (χ1) is 8.83. The molecule has 1 aromatic rings. The lowest BCUT2D eigenvalue weighted by molar-refractivity contribution is -0.191. The Hall–Kier alpha value is -2.05. The maximum atomic E-state index is 12.7. The van der Waals surface area contributed by atoms with E-state index < -0.39 is 23.8 Å². The van der Waals surface area contributed by atoms with Crippen LogP contribution in [0.3, 0.4) is 0 Å². The highest BCUT2D eigenvalue weighted by molar-refractivity contribution is 5.97. The van der Waals surface area contributed by atoms with Gasteiger partial charge in [-0.2, -0.15) is 18.2 Å². The Bertz CT molecular complexity index is 513. The zero-order valence-corrected chi connectivity index (χ0v) is 9.90. The summed E-state index contributed by atoms with van der Waals surface area (Å²) in [4.78, 5) is 14.4. The Labute approximate surface area is 106 Å². The fourth-order valence-electron chi connectivity index (χ4n) is 1.39. The van der Waals surface area contributed by atoms with E-state index in [0.29, 0.717) is 6.92 Å². The molecule has 4 nitrogen and oxygen atoms in total. The summed E-state index contributed by atoms with van der Waals surface area (Å²) in [6.07, 6.45) is -5.48. The van der Waals surface area contributed by atoms with Gasteiger partial charge in [-0.15, -0.1) is 0 Å². The molecule has 0 aromatic heterocycles. The molecule has 0 spiro atoms. The number of benzene rings is 1. The van der Waals surface area contributed by atoms with Crippen molar-refractivity contribution in [1.29, 1.82) is 0 Å². The van der Waals surface area contributed by atoms with Gasteiger partial charge in [0.1, 0.15) is 6.61 Å². The third-order valence-corrected chi connectivity index (χ3v) is 2.65. The average Bonchev–Trinajstić information content (AvgIpc) is 2.65. The number of rotatable bonds is 2. The van der Waals surface area contributed by atoms with Crippen molar-refractivity contribution < 1.29 is 27.4 Å². The van der Waals surface area contributed by atoms with E-state index in [1.165, 1.54) is 0 Å². The van der Waals surface area contributed by atoms with E-state index in [1.54, 1.807) is 30.3 Å². The van der Waals surface area contributed by atoms with Gasteiger partial charge in [0.2, 0.25) is 0 Å². The number of cyclic esters (lactones) is 1. The maximum Gasteiger partial charge on any atom is 0.424 e. The van der Waals surface area contributed by atoms with Crippen LogP contribution >= 0.6 is 0 Å². The van der Waals surface area contributed by atoms with Gasteiger partial charge in [-0.3, -0.25) is 0 Å². The van der Waals surface area contributed by atoms with E-state index in [9.17, 15) is 18.0 Å². The SMILES string of the molecule is C[C@@]1(C(F)(F)F)N=C(OCc2ccccc2)OC1=O. The van der Waals surface area contributed by atoms with E-state index >= 15 is 0 Å². The number of carbonyl (C=O) groups excluding carboxylic acids is 1. The van der Waals surface area contributed by atoms with Crippen molar-refractivity contribution in [2.24, 2.45) is 4.99 Å². The van der Waals surface area contributed by atoms with Gasteiger partial charge in [-0.05, 0) is 12.5 Å². The van der Waals surface area contributed by atoms with E-state index in [-0.39, 0.29) is 6.61 Å². The molecular formula is C12H10F3NO3. The average molecular weight is 273 g/mol. The van der Waals surface area contributed by atoms with Gasteiger partial charge >= 0.3 is 18.2 Å². The molecule has 0 radical (unpaired) electrons. The number of esters is 1. The molecule has 0 saturated carbocycles. The Morgan fingerprint density at radius 2 is 1.95 bits per heavy atom. The largest absolute Gasteiger partial charge is 0.445 e. The van der Waals surface area contributed by atoms with Crippen LogP contribution in [0.25, 0.3) is 0 Å². The van der Waals surface area contributed by atoms with Crippen molar-refractivity contribution in [3.63, 3.8) is 0 Å². The molecule has 0 N–H and O–H groups in total. The zero-order valence-electron chi connectivity index (χ0n) is 9.90. The highest BCUT2D eigenvalue weighted by Crippen LogP contribution is 2.37. The molecular weight excluding hydrogens is 263 g/mol. The van der Waals surface area contributed by atoms with E-state index in [1.807, 2.05) is 0 Å². The number of nitrogens with zero attached hydrogens (tertiary/aromatic N) is 1. The number of hydrogen-bond donors (Lipinski definition) is 0. The highest BCUT2D eigenvalue weighted by Gasteiger charge is 2.62. The summed E-state index contributed by atoms with van der Waals surface area (Å²) in [6.45, 7) is 0.620. The second-order valence-electron chi connectivity index (χ2n) is 4.11. The number of aliphatic imine (C=N–C) groups is 1. The van der Waals surface area contributed by atoms with Crippen LogP contribution in [0, 0.1) is 0 Å². The summed E-state index contributed by atoms with van der Waals surface area (Å²) in [6, 6.07) is 8.74. The monoisotopic (exact) mass is 273 g/mol. The summed E-state index contributed by atoms with van der Waals surface area (Å²) < 4.78 is 47.4. The van der Waals surface area contributed by atoms with Gasteiger partial charge in [0.05, 0.1) is 0 Å². The molecule has 0 bridgehead atoms. The van der Waals surface area contributed by atoms with Crippen LogP contribution < -0.4 is 0 Å². The molecule has 0 amide bonds. The van der Waals surface area contributed by atoms with Crippen molar-refractivity contribution in [1.82, 2.24) is 0 Å². The predicted octanol–water partition coefficient (Wildman–Crippen LogP) is 2.44. The lowest BCUT2D eigenvalue weighted by atomic mass is 10.0. The van der Waals surface area contributed by atoms with Crippen LogP contribution in [-0.4, -0.2) is 23.8 Å². The first-order valence-corrected chi connectivity index (χ1v) is 5.38. The number of hydrogen-bond acceptors (Lipinski definition) is 4. The van der Waals surface area contributed by atoms with Gasteiger partial charge in [-0.1, -0.05) is 30.3 Å². The third-order valence-electron chi connectivity index (χ3n) is 2.65. The minimum atomic E-state index is -4.82. The molecule has 0 unspecified atom stereocenters. The molecule has 1 aromatic carbocycles. The summed E-state index contributed by atoms with van der Waals surface area (Å²) >= 11 is 0. The molecule has 0 saturated heterocycles. The summed E-state index contributed by atoms with van der Waals surface area (Å²) in [5.41, 5.74) is -2.17. The van der Waals surface area contributed by atoms with E-state index in [4.69, 9.17) is 4.74 Å². The number of carbonyl (C=O) groups is 1. The van der Waals surface area contributed by atoms with Crippen molar-refractivity contribution in [2.45, 2.75) is 25.2 Å². The Balaban J connectivity index is 2.07. The van der Waals surface area contributed by atoms with Crippen LogP contribution in [0.15, 0.2) is 35.3 Å². The molecule has 1 aliphatic heterocycles. The summed E-state index contributed by atoms with van der Waals surface area (Å²) in [5.74, 6) is -1.48. The van der Waals surface area contributed by atoms with Crippen LogP contribution in [0.5, 0.6) is 0 Å². The third kappa shape index (κ3) is 2.54. The van der Waals surface area contributed by atoms with Gasteiger partial charge in [0.25, 0.3) is 5.54 Å². The normalized spacial score (nSPS) is 22.9. The molecule has 19 heavy (non-hydrogen) atoms. The zero-order chi connectivity index (χ0) is 14.1. The van der Waals surface area contributed by atoms with Gasteiger partial charge in [0.15, 0.2) is 0 Å². The quantitative estimate of drug-likeness (QED) is 0.777. The fourth-order valence-corrected chi connectivity index (χ4v) is 1.39. The molecule has 0 fully saturated rings. The topological polar surface area (TPSA) is 47.9 Å². The Morgan fingerprint density at radius 3 is 2.47 bits per heavy atom. The maximum absolute atomic E-state index is 12.7. The van der Waals surface area contributed by atoms with E-state index in [2.05, 4.69) is 9.73 Å². The summed E-state index contributed by atoms with van der Waals surface area (Å²) in [7, 11) is 0. The number of alkyl halides is 3. The smallest absolute Gasteiger partial charge is 0.424 e. The molecule has 7 heteroatoms. The van der Waals surface area contributed by atoms with Gasteiger partial charge in [0, 0.05) is 0 Å². The first kappa shape index (κ1) is 13.4. The molecule has 102 valence electrons. The minimum Gasteiger partial charge on any atom is -0.445 e. The lowest BCUT2D eigenvalue weighted by Gasteiger charge is -2.18. The van der Waals surface area contributed by atoms with E-state index in [0.717, 1.165) is 5.56 Å². The number of halogens is 3. The standard InChI is InChI=1S/C12H10F3NO3/c1-11(12(13,14)15)9(17)19-10(16-11)18-7-8-5-3-2-4-6-8/h2-6H,7H2,1H3/t11-/m1/s1. The van der Waals surface area contributed by atoms with Gasteiger partial charge < -0.3 is 9.47 Å². The Kier molecular flexibility index (Phi) is 3.21. The second kappa shape index (κ2) is 4.56.